The van der Waals surface area contributed by atoms with E-state index in [-0.39, 0.29) is 12.3 Å². The Labute approximate surface area is 187 Å². The molecule has 0 spiro atoms. The lowest BCUT2D eigenvalue weighted by Gasteiger charge is -2.23. The van der Waals surface area contributed by atoms with Gasteiger partial charge in [-0.3, -0.25) is 14.5 Å². The molecular formula is C27H24N2O3. The van der Waals surface area contributed by atoms with E-state index in [2.05, 4.69) is 5.32 Å². The Balaban J connectivity index is 1.34. The average Bonchev–Trinajstić information content (AvgIpc) is 3.38. The van der Waals surface area contributed by atoms with E-state index in [9.17, 15) is 14.4 Å². The zero-order valence-corrected chi connectivity index (χ0v) is 17.9. The van der Waals surface area contributed by atoms with Crippen molar-refractivity contribution in [2.24, 2.45) is 0 Å². The summed E-state index contributed by atoms with van der Waals surface area (Å²) in [6, 6.07) is 22.6. The Kier molecular flexibility index (Phi) is 4.89. The van der Waals surface area contributed by atoms with Crippen LogP contribution in [0.1, 0.15) is 40.4 Å². The third kappa shape index (κ3) is 3.40. The molecule has 2 aliphatic rings. The molecule has 0 bridgehead atoms. The summed E-state index contributed by atoms with van der Waals surface area (Å²) in [5, 5.41) is 2.81. The zero-order chi connectivity index (χ0) is 22.3. The summed E-state index contributed by atoms with van der Waals surface area (Å²) in [4.78, 5) is 39.8. The fourth-order valence-electron chi connectivity index (χ4n) is 4.63. The number of amides is 3. The van der Waals surface area contributed by atoms with Gasteiger partial charge in [0.25, 0.3) is 5.91 Å². The lowest BCUT2D eigenvalue weighted by Crippen LogP contribution is -2.41. The largest absolute Gasteiger partial charge is 0.325 e. The van der Waals surface area contributed by atoms with Gasteiger partial charge in [-0.15, -0.1) is 0 Å². The number of nitrogens with zero attached hydrogens (tertiary/aromatic N) is 1. The summed E-state index contributed by atoms with van der Waals surface area (Å²) >= 11 is 0. The summed E-state index contributed by atoms with van der Waals surface area (Å²) in [5.74, 6) is -0.666. The van der Waals surface area contributed by atoms with Gasteiger partial charge in [0.1, 0.15) is 5.54 Å². The normalized spacial score (nSPS) is 19.7. The van der Waals surface area contributed by atoms with Crippen molar-refractivity contribution in [2.45, 2.75) is 31.7 Å². The molecule has 5 nitrogen and oxygen atoms in total. The number of benzene rings is 3. The first kappa shape index (κ1) is 20.2. The first-order valence-electron chi connectivity index (χ1n) is 10.9. The number of Topliss-reactive ketones (excluding diaryl/α,β-unsaturated/α-hetero) is 1. The number of ketones is 1. The molecule has 3 aromatic rings. The number of hydrogen-bond donors (Lipinski definition) is 1. The number of aryl methyl sites for hydroxylation is 2. The molecular weight excluding hydrogens is 400 g/mol. The molecule has 5 heteroatoms. The Hall–Kier alpha value is -3.73. The van der Waals surface area contributed by atoms with Crippen molar-refractivity contribution in [3.05, 3.63) is 95.1 Å². The molecule has 1 N–H and O–H groups in total. The maximum absolute atomic E-state index is 13.2. The maximum atomic E-state index is 13.2. The van der Waals surface area contributed by atoms with Crippen LogP contribution in [0.4, 0.5) is 4.79 Å². The predicted molar refractivity (Wildman–Crippen MR) is 122 cm³/mol. The number of carbonyl (C=O) groups is 3. The third-order valence-corrected chi connectivity index (χ3v) is 6.57. The van der Waals surface area contributed by atoms with Crippen LogP contribution in [0.5, 0.6) is 0 Å². The van der Waals surface area contributed by atoms with E-state index in [0.29, 0.717) is 5.56 Å². The van der Waals surface area contributed by atoms with E-state index in [4.69, 9.17) is 0 Å². The zero-order valence-electron chi connectivity index (χ0n) is 17.9. The molecule has 1 atom stereocenters. The van der Waals surface area contributed by atoms with Crippen molar-refractivity contribution in [1.29, 1.82) is 0 Å². The predicted octanol–water partition coefficient (Wildman–Crippen LogP) is 4.49. The molecule has 1 saturated heterocycles. The third-order valence-electron chi connectivity index (χ3n) is 6.57. The van der Waals surface area contributed by atoms with Crippen molar-refractivity contribution in [1.82, 2.24) is 10.2 Å². The van der Waals surface area contributed by atoms with Crippen molar-refractivity contribution < 1.29 is 14.4 Å². The van der Waals surface area contributed by atoms with Gasteiger partial charge in [-0.25, -0.2) is 4.79 Å². The van der Waals surface area contributed by atoms with Crippen molar-refractivity contribution in [3.8, 4) is 11.1 Å². The highest BCUT2D eigenvalue weighted by molar-refractivity contribution is 6.11. The minimum atomic E-state index is -1.16. The molecule has 1 unspecified atom stereocenters. The van der Waals surface area contributed by atoms with Gasteiger partial charge in [0.15, 0.2) is 5.78 Å². The molecule has 1 aliphatic heterocycles. The Bertz CT molecular complexity index is 1220. The second kappa shape index (κ2) is 7.75. The van der Waals surface area contributed by atoms with E-state index >= 15 is 0 Å². The first-order chi connectivity index (χ1) is 15.5. The van der Waals surface area contributed by atoms with Gasteiger partial charge in [0.2, 0.25) is 0 Å². The van der Waals surface area contributed by atoms with Gasteiger partial charge in [-0.1, -0.05) is 72.8 Å². The fourth-order valence-corrected chi connectivity index (χ4v) is 4.63. The number of nitrogens with one attached hydrogen (secondary N) is 1. The van der Waals surface area contributed by atoms with E-state index in [1.807, 2.05) is 60.7 Å². The number of carbonyl (C=O) groups excluding carboxylic acids is 3. The molecule has 160 valence electrons. The molecule has 0 radical (unpaired) electrons. The highest BCUT2D eigenvalue weighted by Gasteiger charge is 2.49. The van der Waals surface area contributed by atoms with Crippen LogP contribution in [-0.2, 0) is 23.2 Å². The summed E-state index contributed by atoms with van der Waals surface area (Å²) in [7, 11) is 0. The van der Waals surface area contributed by atoms with Gasteiger partial charge in [-0.2, -0.15) is 0 Å². The van der Waals surface area contributed by atoms with E-state index in [1.54, 1.807) is 19.1 Å². The lowest BCUT2D eigenvalue weighted by atomic mass is 9.89. The molecule has 0 aromatic heterocycles. The van der Waals surface area contributed by atoms with Crippen LogP contribution in [0.15, 0.2) is 72.8 Å². The van der Waals surface area contributed by atoms with Crippen LogP contribution >= 0.6 is 0 Å². The molecule has 5 rings (SSSR count). The maximum Gasteiger partial charge on any atom is 0.325 e. The highest BCUT2D eigenvalue weighted by atomic mass is 16.2. The molecule has 1 aliphatic carbocycles. The smallest absolute Gasteiger partial charge is 0.319 e. The average molecular weight is 425 g/mol. The molecule has 3 aromatic carbocycles. The second-order valence-electron chi connectivity index (χ2n) is 8.65. The van der Waals surface area contributed by atoms with Gasteiger partial charge < -0.3 is 5.32 Å². The van der Waals surface area contributed by atoms with E-state index in [0.717, 1.165) is 40.9 Å². The van der Waals surface area contributed by atoms with Crippen LogP contribution < -0.4 is 5.32 Å². The van der Waals surface area contributed by atoms with Crippen LogP contribution in [-0.4, -0.2) is 29.2 Å². The number of fused-ring (bicyclic) bond motifs is 1. The Morgan fingerprint density at radius 2 is 1.59 bits per heavy atom. The number of rotatable bonds is 5. The number of urea groups is 1. The number of hydrogen-bond acceptors (Lipinski definition) is 3. The van der Waals surface area contributed by atoms with Crippen LogP contribution in [0.25, 0.3) is 11.1 Å². The Morgan fingerprint density at radius 1 is 0.906 bits per heavy atom. The highest BCUT2D eigenvalue weighted by Crippen LogP contribution is 2.32. The summed E-state index contributed by atoms with van der Waals surface area (Å²) in [6.45, 7) is 1.43. The van der Waals surface area contributed by atoms with Gasteiger partial charge >= 0.3 is 6.03 Å². The van der Waals surface area contributed by atoms with E-state index < -0.39 is 17.5 Å². The minimum absolute atomic E-state index is 0.272. The molecule has 0 saturated carbocycles. The van der Waals surface area contributed by atoms with Crippen molar-refractivity contribution in [3.63, 3.8) is 0 Å². The number of imide groups is 1. The molecule has 32 heavy (non-hydrogen) atoms. The molecule has 1 heterocycles. The SMILES string of the molecule is CC1(c2ccc3c(c2)CCC3)NC(=O)N(CC(=O)c2ccc(-c3ccccc3)cc2)C1=O. The monoisotopic (exact) mass is 424 g/mol. The summed E-state index contributed by atoms with van der Waals surface area (Å²) in [5.41, 5.74) is 4.67. The fraction of sp³-hybridized carbons (Fsp3) is 0.222. The van der Waals surface area contributed by atoms with Crippen LogP contribution in [0.2, 0.25) is 0 Å². The van der Waals surface area contributed by atoms with Gasteiger partial charge in [0, 0.05) is 5.56 Å². The minimum Gasteiger partial charge on any atom is -0.319 e. The van der Waals surface area contributed by atoms with Gasteiger partial charge in [-0.05, 0) is 54.0 Å². The quantitative estimate of drug-likeness (QED) is 0.485. The topological polar surface area (TPSA) is 66.5 Å². The standard InChI is InChI=1S/C27H24N2O3/c1-27(23-15-14-19-8-5-9-22(19)16-23)25(31)29(26(32)28-27)17-24(30)21-12-10-20(11-13-21)18-6-3-2-4-7-18/h2-4,6-7,10-16H,5,8-9,17H2,1H3,(H,28,32). The molecule has 1 fully saturated rings. The van der Waals surface area contributed by atoms with Crippen LogP contribution in [0, 0.1) is 0 Å². The summed E-state index contributed by atoms with van der Waals surface area (Å²) in [6.07, 6.45) is 3.15. The van der Waals surface area contributed by atoms with E-state index in [1.165, 1.54) is 11.1 Å². The van der Waals surface area contributed by atoms with Crippen LogP contribution in [0.3, 0.4) is 0 Å². The Morgan fingerprint density at radius 3 is 2.34 bits per heavy atom. The summed E-state index contributed by atoms with van der Waals surface area (Å²) < 4.78 is 0. The molecule has 3 amide bonds. The first-order valence-corrected chi connectivity index (χ1v) is 10.9. The lowest BCUT2D eigenvalue weighted by molar-refractivity contribution is -0.130. The van der Waals surface area contributed by atoms with Gasteiger partial charge in [0.05, 0.1) is 6.54 Å². The second-order valence-corrected chi connectivity index (χ2v) is 8.65. The van der Waals surface area contributed by atoms with Crippen molar-refractivity contribution in [2.75, 3.05) is 6.54 Å². The van der Waals surface area contributed by atoms with Crippen molar-refractivity contribution >= 4 is 17.7 Å².